The van der Waals surface area contributed by atoms with Crippen LogP contribution in [0.2, 0.25) is 0 Å². The molecule has 5 nitrogen and oxygen atoms in total. The van der Waals surface area contributed by atoms with Crippen molar-refractivity contribution in [2.45, 2.75) is 12.5 Å². The second kappa shape index (κ2) is 7.66. The van der Waals surface area contributed by atoms with Gasteiger partial charge in [-0.3, -0.25) is 0 Å². The van der Waals surface area contributed by atoms with Crippen molar-refractivity contribution in [3.05, 3.63) is 46.7 Å². The second-order valence-electron chi connectivity index (χ2n) is 4.47. The summed E-state index contributed by atoms with van der Waals surface area (Å²) in [7, 11) is 1.57. The van der Waals surface area contributed by atoms with Gasteiger partial charge in [0.05, 0.1) is 13.2 Å². The summed E-state index contributed by atoms with van der Waals surface area (Å²) in [5, 5.41) is 19.2. The molecule has 3 N–H and O–H groups in total. The van der Waals surface area contributed by atoms with Gasteiger partial charge in [-0.05, 0) is 40.9 Å². The molecule has 0 fully saturated rings. The molecule has 2 aromatic rings. The van der Waals surface area contributed by atoms with Crippen LogP contribution < -0.4 is 15.4 Å². The van der Waals surface area contributed by atoms with Gasteiger partial charge in [-0.25, -0.2) is 4.79 Å². The maximum Gasteiger partial charge on any atom is 0.319 e. The average Bonchev–Trinajstić information content (AvgIpc) is 3.01. The largest absolute Gasteiger partial charge is 0.497 e. The number of carbonyl (C=O) groups excluding carboxylic acids is 1. The molecule has 6 heteroatoms. The molecule has 0 aliphatic rings. The third kappa shape index (κ3) is 4.77. The lowest BCUT2D eigenvalue weighted by Gasteiger charge is -2.11. The number of carbonyl (C=O) groups is 1. The monoisotopic (exact) mass is 306 g/mol. The summed E-state index contributed by atoms with van der Waals surface area (Å²) >= 11 is 1.54. The van der Waals surface area contributed by atoms with Crippen LogP contribution in [0.3, 0.4) is 0 Å². The zero-order chi connectivity index (χ0) is 15.1. The molecule has 0 radical (unpaired) electrons. The molecule has 1 aromatic carbocycles. The quantitative estimate of drug-likeness (QED) is 0.768. The smallest absolute Gasteiger partial charge is 0.319 e. The number of nitrogens with one attached hydrogen (secondary N) is 2. The van der Waals surface area contributed by atoms with Crippen LogP contribution in [-0.2, 0) is 0 Å². The number of hydrogen-bond donors (Lipinski definition) is 3. The fourth-order valence-electron chi connectivity index (χ4n) is 1.83. The molecule has 0 saturated heterocycles. The van der Waals surface area contributed by atoms with Crippen molar-refractivity contribution in [1.29, 1.82) is 0 Å². The topological polar surface area (TPSA) is 70.6 Å². The Kier molecular flexibility index (Phi) is 5.59. The molecule has 2 rings (SSSR count). The van der Waals surface area contributed by atoms with Crippen LogP contribution in [0.1, 0.15) is 18.1 Å². The fourth-order valence-corrected chi connectivity index (χ4v) is 2.54. The van der Waals surface area contributed by atoms with Crippen molar-refractivity contribution in [1.82, 2.24) is 5.32 Å². The lowest BCUT2D eigenvalue weighted by atomic mass is 10.1. The van der Waals surface area contributed by atoms with Crippen LogP contribution in [0.4, 0.5) is 10.5 Å². The number of methoxy groups -OCH3 is 1. The van der Waals surface area contributed by atoms with Gasteiger partial charge in [-0.15, -0.1) is 0 Å². The Labute approximate surface area is 127 Å². The van der Waals surface area contributed by atoms with E-state index in [2.05, 4.69) is 10.6 Å². The van der Waals surface area contributed by atoms with Crippen molar-refractivity contribution >= 4 is 23.1 Å². The minimum atomic E-state index is -0.548. The number of ether oxygens (including phenoxy) is 1. The van der Waals surface area contributed by atoms with Crippen molar-refractivity contribution < 1.29 is 14.6 Å². The second-order valence-corrected chi connectivity index (χ2v) is 5.25. The number of rotatable bonds is 6. The number of hydrogen-bond acceptors (Lipinski definition) is 4. The fraction of sp³-hybridized carbons (Fsp3) is 0.267. The van der Waals surface area contributed by atoms with Gasteiger partial charge >= 0.3 is 6.03 Å². The van der Waals surface area contributed by atoms with Gasteiger partial charge in [0.25, 0.3) is 0 Å². The number of urea groups is 1. The summed E-state index contributed by atoms with van der Waals surface area (Å²) < 4.78 is 5.09. The van der Waals surface area contributed by atoms with Gasteiger partial charge in [-0.2, -0.15) is 11.3 Å². The van der Waals surface area contributed by atoms with Crippen molar-refractivity contribution in [2.75, 3.05) is 19.0 Å². The number of aliphatic hydroxyl groups is 1. The zero-order valence-corrected chi connectivity index (χ0v) is 12.5. The van der Waals surface area contributed by atoms with E-state index in [-0.39, 0.29) is 6.03 Å². The normalized spacial score (nSPS) is 11.7. The molecule has 2 amide bonds. The molecule has 1 unspecified atom stereocenters. The van der Waals surface area contributed by atoms with Crippen molar-refractivity contribution in [3.63, 3.8) is 0 Å². The van der Waals surface area contributed by atoms with Crippen molar-refractivity contribution in [2.24, 2.45) is 0 Å². The standard InChI is InChI=1S/C15H18N2O3S/c1-20-13-4-2-3-12(9-13)17-15(19)16-7-5-14(18)11-6-8-21-10-11/h2-4,6,8-10,14,18H,5,7H2,1H3,(H2,16,17,19). The highest BCUT2D eigenvalue weighted by molar-refractivity contribution is 7.07. The number of benzene rings is 1. The Morgan fingerprint density at radius 3 is 3.00 bits per heavy atom. The van der Waals surface area contributed by atoms with Crippen molar-refractivity contribution in [3.8, 4) is 5.75 Å². The van der Waals surface area contributed by atoms with E-state index in [1.165, 1.54) is 0 Å². The number of amides is 2. The SMILES string of the molecule is COc1cccc(NC(=O)NCCC(O)c2ccsc2)c1. The van der Waals surface area contributed by atoms with E-state index in [1.54, 1.807) is 42.7 Å². The number of aliphatic hydroxyl groups excluding tert-OH is 1. The maximum absolute atomic E-state index is 11.7. The van der Waals surface area contributed by atoms with E-state index in [0.717, 1.165) is 5.56 Å². The Balaban J connectivity index is 1.74. The highest BCUT2D eigenvalue weighted by Crippen LogP contribution is 2.19. The first-order valence-corrected chi connectivity index (χ1v) is 7.52. The highest BCUT2D eigenvalue weighted by Gasteiger charge is 2.08. The summed E-state index contributed by atoms with van der Waals surface area (Å²) in [6, 6.07) is 8.70. The van der Waals surface area contributed by atoms with E-state index in [9.17, 15) is 9.90 Å². The van der Waals surface area contributed by atoms with Gasteiger partial charge in [0.15, 0.2) is 0 Å². The van der Waals surface area contributed by atoms with E-state index in [0.29, 0.717) is 24.4 Å². The molecule has 112 valence electrons. The predicted octanol–water partition coefficient (Wildman–Crippen LogP) is 3.00. The first-order chi connectivity index (χ1) is 10.2. The first-order valence-electron chi connectivity index (χ1n) is 6.58. The van der Waals surface area contributed by atoms with Crippen LogP contribution >= 0.6 is 11.3 Å². The van der Waals surface area contributed by atoms with E-state index >= 15 is 0 Å². The van der Waals surface area contributed by atoms with Crippen LogP contribution in [-0.4, -0.2) is 24.8 Å². The minimum Gasteiger partial charge on any atom is -0.497 e. The summed E-state index contributed by atoms with van der Waals surface area (Å²) in [4.78, 5) is 11.7. The summed E-state index contributed by atoms with van der Waals surface area (Å²) in [5.74, 6) is 0.681. The predicted molar refractivity (Wildman–Crippen MR) is 83.9 cm³/mol. The van der Waals surface area contributed by atoms with Crippen LogP contribution in [0.5, 0.6) is 5.75 Å². The highest BCUT2D eigenvalue weighted by atomic mass is 32.1. The third-order valence-electron chi connectivity index (χ3n) is 2.96. The van der Waals surface area contributed by atoms with Crippen LogP contribution in [0.25, 0.3) is 0 Å². The third-order valence-corrected chi connectivity index (χ3v) is 3.66. The van der Waals surface area contributed by atoms with Gasteiger partial charge in [0, 0.05) is 18.3 Å². The molecule has 21 heavy (non-hydrogen) atoms. The van der Waals surface area contributed by atoms with Crippen LogP contribution in [0.15, 0.2) is 41.1 Å². The molecule has 0 saturated carbocycles. The molecule has 0 spiro atoms. The maximum atomic E-state index is 11.7. The Morgan fingerprint density at radius 1 is 1.43 bits per heavy atom. The molecular formula is C15H18N2O3S. The minimum absolute atomic E-state index is 0.305. The lowest BCUT2D eigenvalue weighted by molar-refractivity contribution is 0.168. The van der Waals surface area contributed by atoms with Gasteiger partial charge in [0.2, 0.25) is 0 Å². The molecule has 0 aliphatic heterocycles. The van der Waals surface area contributed by atoms with Gasteiger partial charge < -0.3 is 20.5 Å². The molecule has 0 aliphatic carbocycles. The van der Waals surface area contributed by atoms with E-state index in [4.69, 9.17) is 4.74 Å². The molecule has 1 heterocycles. The first kappa shape index (κ1) is 15.3. The number of thiophene rings is 1. The lowest BCUT2D eigenvalue weighted by Crippen LogP contribution is -2.30. The molecule has 1 atom stereocenters. The molecule has 0 bridgehead atoms. The molecular weight excluding hydrogens is 288 g/mol. The molecule has 1 aromatic heterocycles. The Bertz CT molecular complexity index is 572. The van der Waals surface area contributed by atoms with E-state index in [1.807, 2.05) is 16.8 Å². The Morgan fingerprint density at radius 2 is 2.29 bits per heavy atom. The summed E-state index contributed by atoms with van der Waals surface area (Å²) in [6.07, 6.45) is -0.0733. The average molecular weight is 306 g/mol. The summed E-state index contributed by atoms with van der Waals surface area (Å²) in [5.41, 5.74) is 1.54. The zero-order valence-electron chi connectivity index (χ0n) is 11.7. The summed E-state index contributed by atoms with van der Waals surface area (Å²) in [6.45, 7) is 0.396. The van der Waals surface area contributed by atoms with Gasteiger partial charge in [-0.1, -0.05) is 6.07 Å². The van der Waals surface area contributed by atoms with E-state index < -0.39 is 6.10 Å². The number of anilines is 1. The Hall–Kier alpha value is -2.05. The van der Waals surface area contributed by atoms with Gasteiger partial charge in [0.1, 0.15) is 5.75 Å². The van der Waals surface area contributed by atoms with Crippen LogP contribution in [0, 0.1) is 0 Å².